The number of benzene rings is 1. The second kappa shape index (κ2) is 5.02. The summed E-state index contributed by atoms with van der Waals surface area (Å²) in [5, 5.41) is 10.7. The van der Waals surface area contributed by atoms with Crippen LogP contribution < -0.4 is 0 Å². The third-order valence-corrected chi connectivity index (χ3v) is 3.39. The molecule has 20 heavy (non-hydrogen) atoms. The summed E-state index contributed by atoms with van der Waals surface area (Å²) in [6, 6.07) is 12.1. The van der Waals surface area contributed by atoms with Crippen LogP contribution in [0.2, 0.25) is 0 Å². The van der Waals surface area contributed by atoms with Crippen LogP contribution in [0.15, 0.2) is 42.6 Å². The van der Waals surface area contributed by atoms with Gasteiger partial charge in [0.25, 0.3) is 0 Å². The van der Waals surface area contributed by atoms with Crippen molar-refractivity contribution in [3.05, 3.63) is 59.4 Å². The number of hydrogen-bond acceptors (Lipinski definition) is 3. The standard InChI is InChI=1S/C17H16N2O/c1-11-3-4-13-9-15(10-20)17(19-16(13)7-11)14-5-6-18-12(2)8-14/h3-9,20H,10H2,1-2H3. The fourth-order valence-electron chi connectivity index (χ4n) is 2.38. The van der Waals surface area contributed by atoms with E-state index in [1.165, 1.54) is 5.56 Å². The summed E-state index contributed by atoms with van der Waals surface area (Å²) in [5.74, 6) is 0. The van der Waals surface area contributed by atoms with Gasteiger partial charge in [0.1, 0.15) is 0 Å². The summed E-state index contributed by atoms with van der Waals surface area (Å²) in [5.41, 5.74) is 5.73. The van der Waals surface area contributed by atoms with Crippen molar-refractivity contribution in [3.8, 4) is 11.3 Å². The summed E-state index contributed by atoms with van der Waals surface area (Å²) in [7, 11) is 0. The van der Waals surface area contributed by atoms with E-state index < -0.39 is 0 Å². The Bertz CT molecular complexity index is 781. The van der Waals surface area contributed by atoms with Crippen LogP contribution in [0.25, 0.3) is 22.2 Å². The second-order valence-corrected chi connectivity index (χ2v) is 5.04. The normalized spacial score (nSPS) is 10.9. The molecule has 0 aliphatic heterocycles. The minimum absolute atomic E-state index is 0.0203. The summed E-state index contributed by atoms with van der Waals surface area (Å²) < 4.78 is 0. The molecule has 0 amide bonds. The largest absolute Gasteiger partial charge is 0.392 e. The molecule has 0 fully saturated rings. The molecule has 3 rings (SSSR count). The van der Waals surface area contributed by atoms with Crippen LogP contribution >= 0.6 is 0 Å². The van der Waals surface area contributed by atoms with Gasteiger partial charge in [0.05, 0.1) is 17.8 Å². The smallest absolute Gasteiger partial charge is 0.0766 e. The van der Waals surface area contributed by atoms with Gasteiger partial charge in [-0.25, -0.2) is 4.98 Å². The van der Waals surface area contributed by atoms with Gasteiger partial charge in [0.15, 0.2) is 0 Å². The monoisotopic (exact) mass is 264 g/mol. The number of aliphatic hydroxyl groups is 1. The van der Waals surface area contributed by atoms with E-state index in [-0.39, 0.29) is 6.61 Å². The lowest BCUT2D eigenvalue weighted by Crippen LogP contribution is -1.95. The second-order valence-electron chi connectivity index (χ2n) is 5.04. The molecular formula is C17H16N2O. The number of fused-ring (bicyclic) bond motifs is 1. The molecule has 1 aromatic carbocycles. The summed E-state index contributed by atoms with van der Waals surface area (Å²) in [4.78, 5) is 8.94. The Hall–Kier alpha value is -2.26. The Morgan fingerprint density at radius 1 is 1.05 bits per heavy atom. The van der Waals surface area contributed by atoms with E-state index in [0.29, 0.717) is 0 Å². The highest BCUT2D eigenvalue weighted by atomic mass is 16.3. The average molecular weight is 264 g/mol. The first-order chi connectivity index (χ1) is 9.67. The van der Waals surface area contributed by atoms with E-state index in [1.807, 2.05) is 31.2 Å². The molecular weight excluding hydrogens is 248 g/mol. The fourth-order valence-corrected chi connectivity index (χ4v) is 2.38. The SMILES string of the molecule is Cc1ccc2cc(CO)c(-c3ccnc(C)c3)nc2c1. The van der Waals surface area contributed by atoms with Gasteiger partial charge in [-0.2, -0.15) is 0 Å². The molecule has 1 N–H and O–H groups in total. The molecule has 0 atom stereocenters. The third kappa shape index (κ3) is 2.28. The molecule has 0 saturated carbocycles. The zero-order chi connectivity index (χ0) is 14.1. The predicted octanol–water partition coefficient (Wildman–Crippen LogP) is 3.41. The van der Waals surface area contributed by atoms with Crippen molar-refractivity contribution in [1.29, 1.82) is 0 Å². The molecule has 3 heteroatoms. The van der Waals surface area contributed by atoms with Crippen molar-refractivity contribution in [1.82, 2.24) is 9.97 Å². The Morgan fingerprint density at radius 2 is 1.90 bits per heavy atom. The highest BCUT2D eigenvalue weighted by molar-refractivity contribution is 5.83. The van der Waals surface area contributed by atoms with Crippen molar-refractivity contribution < 1.29 is 5.11 Å². The van der Waals surface area contributed by atoms with Crippen LogP contribution in [0.4, 0.5) is 0 Å². The molecule has 0 aliphatic carbocycles. The Morgan fingerprint density at radius 3 is 2.65 bits per heavy atom. The number of aromatic nitrogens is 2. The van der Waals surface area contributed by atoms with E-state index >= 15 is 0 Å². The molecule has 0 aliphatic rings. The number of rotatable bonds is 2. The first-order valence-corrected chi connectivity index (χ1v) is 6.61. The van der Waals surface area contributed by atoms with Crippen molar-refractivity contribution in [2.24, 2.45) is 0 Å². The lowest BCUT2D eigenvalue weighted by molar-refractivity contribution is 0.282. The number of aliphatic hydroxyl groups excluding tert-OH is 1. The highest BCUT2D eigenvalue weighted by Gasteiger charge is 2.09. The molecule has 0 unspecified atom stereocenters. The van der Waals surface area contributed by atoms with Crippen LogP contribution in [0, 0.1) is 13.8 Å². The van der Waals surface area contributed by atoms with Gasteiger partial charge in [-0.1, -0.05) is 12.1 Å². The van der Waals surface area contributed by atoms with Crippen LogP contribution in [0.5, 0.6) is 0 Å². The first-order valence-electron chi connectivity index (χ1n) is 6.61. The van der Waals surface area contributed by atoms with Gasteiger partial charge in [0.2, 0.25) is 0 Å². The summed E-state index contributed by atoms with van der Waals surface area (Å²) >= 11 is 0. The zero-order valence-electron chi connectivity index (χ0n) is 11.6. The quantitative estimate of drug-likeness (QED) is 0.771. The molecule has 0 spiro atoms. The van der Waals surface area contributed by atoms with E-state index in [9.17, 15) is 5.11 Å². The van der Waals surface area contributed by atoms with Gasteiger partial charge in [-0.05, 0) is 43.7 Å². The minimum atomic E-state index is -0.0203. The van der Waals surface area contributed by atoms with Crippen molar-refractivity contribution in [2.75, 3.05) is 0 Å². The van der Waals surface area contributed by atoms with Crippen LogP contribution in [-0.4, -0.2) is 15.1 Å². The van der Waals surface area contributed by atoms with E-state index in [2.05, 4.69) is 24.0 Å². The lowest BCUT2D eigenvalue weighted by atomic mass is 10.0. The molecule has 3 aromatic rings. The molecule has 2 aromatic heterocycles. The molecule has 2 heterocycles. The van der Waals surface area contributed by atoms with Crippen molar-refractivity contribution in [3.63, 3.8) is 0 Å². The minimum Gasteiger partial charge on any atom is -0.392 e. The van der Waals surface area contributed by atoms with Crippen molar-refractivity contribution in [2.45, 2.75) is 20.5 Å². The summed E-state index contributed by atoms with van der Waals surface area (Å²) in [6.45, 7) is 3.98. The van der Waals surface area contributed by atoms with Gasteiger partial charge < -0.3 is 5.11 Å². The van der Waals surface area contributed by atoms with Crippen LogP contribution in [-0.2, 0) is 6.61 Å². The maximum atomic E-state index is 9.61. The fraction of sp³-hybridized carbons (Fsp3) is 0.176. The Kier molecular flexibility index (Phi) is 3.20. The lowest BCUT2D eigenvalue weighted by Gasteiger charge is -2.10. The third-order valence-electron chi connectivity index (χ3n) is 3.39. The van der Waals surface area contributed by atoms with Crippen molar-refractivity contribution >= 4 is 10.9 Å². The first kappa shape index (κ1) is 12.8. The van der Waals surface area contributed by atoms with Gasteiger partial charge in [0, 0.05) is 28.4 Å². The Labute approximate surface area is 117 Å². The average Bonchev–Trinajstić information content (AvgIpc) is 2.45. The van der Waals surface area contributed by atoms with E-state index in [1.54, 1.807) is 6.20 Å². The van der Waals surface area contributed by atoms with Gasteiger partial charge in [-0.15, -0.1) is 0 Å². The topological polar surface area (TPSA) is 46.0 Å². The van der Waals surface area contributed by atoms with Gasteiger partial charge >= 0.3 is 0 Å². The van der Waals surface area contributed by atoms with Crippen LogP contribution in [0.3, 0.4) is 0 Å². The van der Waals surface area contributed by atoms with Gasteiger partial charge in [-0.3, -0.25) is 4.98 Å². The van der Waals surface area contributed by atoms with Crippen LogP contribution in [0.1, 0.15) is 16.8 Å². The maximum absolute atomic E-state index is 9.61. The summed E-state index contributed by atoms with van der Waals surface area (Å²) in [6.07, 6.45) is 1.77. The highest BCUT2D eigenvalue weighted by Crippen LogP contribution is 2.26. The number of hydrogen-bond donors (Lipinski definition) is 1. The van der Waals surface area contributed by atoms with E-state index in [4.69, 9.17) is 4.98 Å². The van der Waals surface area contributed by atoms with E-state index in [0.717, 1.165) is 33.4 Å². The molecule has 0 bridgehead atoms. The molecule has 100 valence electrons. The number of nitrogens with zero attached hydrogens (tertiary/aromatic N) is 2. The number of pyridine rings is 2. The molecule has 3 nitrogen and oxygen atoms in total. The maximum Gasteiger partial charge on any atom is 0.0766 e. The predicted molar refractivity (Wildman–Crippen MR) is 80.4 cm³/mol. The Balaban J connectivity index is 2.27. The molecule has 0 saturated heterocycles. The zero-order valence-corrected chi connectivity index (χ0v) is 11.6. The molecule has 0 radical (unpaired) electrons. The number of aryl methyl sites for hydroxylation is 2.